The van der Waals surface area contributed by atoms with Crippen LogP contribution in [-0.2, 0) is 7.05 Å². The first kappa shape index (κ1) is 6.07. The SMILES string of the molecule is Cc1[nH]n(C)[n+](=O)c1C. The fourth-order valence-electron chi connectivity index (χ4n) is 0.737. The van der Waals surface area contributed by atoms with Crippen LogP contribution in [0.15, 0.2) is 0 Å². The standard InChI is InChI=1S/C5H10N3O/c1-4-5(2)8(9)7(3)6-4/h6H,1-3H3/q+1. The number of nitrogens with zero attached hydrogens (tertiary/aromatic N) is 2. The first-order chi connectivity index (χ1) is 4.13. The number of aromatic nitrogens is 3. The van der Waals surface area contributed by atoms with Gasteiger partial charge in [-0.2, -0.15) is 5.10 Å². The zero-order valence-corrected chi connectivity index (χ0v) is 5.80. The summed E-state index contributed by atoms with van der Waals surface area (Å²) in [5.41, 5.74) is 1.63. The minimum absolute atomic E-state index is 0.720. The monoisotopic (exact) mass is 128 g/mol. The van der Waals surface area contributed by atoms with Gasteiger partial charge in [0, 0.05) is 13.8 Å². The molecule has 0 atom stereocenters. The van der Waals surface area contributed by atoms with E-state index in [4.69, 9.17) is 0 Å². The van der Waals surface area contributed by atoms with Crippen LogP contribution in [0.3, 0.4) is 0 Å². The zero-order valence-electron chi connectivity index (χ0n) is 5.80. The Labute approximate surface area is 52.7 Å². The second kappa shape index (κ2) is 1.72. The van der Waals surface area contributed by atoms with E-state index in [1.54, 1.807) is 14.0 Å². The van der Waals surface area contributed by atoms with Crippen molar-refractivity contribution in [1.29, 1.82) is 0 Å². The lowest BCUT2D eigenvalue weighted by atomic mass is 10.4. The molecule has 1 N–H and O–H groups in total. The predicted molar refractivity (Wildman–Crippen MR) is 32.6 cm³/mol. The summed E-state index contributed by atoms with van der Waals surface area (Å²) in [5.74, 6) is 0. The van der Waals surface area contributed by atoms with Crippen molar-refractivity contribution in [1.82, 2.24) is 9.90 Å². The minimum Gasteiger partial charge on any atom is -0.172 e. The Kier molecular flexibility index (Phi) is 1.16. The topological polar surface area (TPSA) is 43.7 Å². The quantitative estimate of drug-likeness (QED) is 0.486. The highest BCUT2D eigenvalue weighted by atomic mass is 16.3. The smallest absolute Gasteiger partial charge is 0.172 e. The molecule has 1 heterocycles. The summed E-state index contributed by atoms with van der Waals surface area (Å²) in [7, 11) is 1.67. The van der Waals surface area contributed by atoms with E-state index in [9.17, 15) is 4.91 Å². The number of H-pyrrole nitrogens is 1. The second-order valence-corrected chi connectivity index (χ2v) is 2.12. The van der Waals surface area contributed by atoms with E-state index in [1.165, 1.54) is 4.80 Å². The fourth-order valence-corrected chi connectivity index (χ4v) is 0.737. The Morgan fingerprint density at radius 3 is 2.22 bits per heavy atom. The van der Waals surface area contributed by atoms with E-state index in [0.717, 1.165) is 15.9 Å². The number of nitrogens with one attached hydrogen (secondary N) is 1. The lowest BCUT2D eigenvalue weighted by molar-refractivity contribution is -0.602. The molecule has 0 spiro atoms. The summed E-state index contributed by atoms with van der Waals surface area (Å²) in [6.07, 6.45) is 0. The summed E-state index contributed by atoms with van der Waals surface area (Å²) >= 11 is 0. The van der Waals surface area contributed by atoms with Gasteiger partial charge in [0.2, 0.25) is 5.69 Å². The van der Waals surface area contributed by atoms with Crippen molar-refractivity contribution in [3.63, 3.8) is 0 Å². The first-order valence-electron chi connectivity index (χ1n) is 2.78. The Morgan fingerprint density at radius 2 is 2.11 bits per heavy atom. The predicted octanol–water partition coefficient (Wildman–Crippen LogP) is -0.115. The van der Waals surface area contributed by atoms with Gasteiger partial charge < -0.3 is 0 Å². The Bertz CT molecular complexity index is 270. The molecule has 0 saturated heterocycles. The molecule has 4 heteroatoms. The van der Waals surface area contributed by atoms with E-state index >= 15 is 0 Å². The van der Waals surface area contributed by atoms with Crippen LogP contribution < -0.4 is 4.54 Å². The third kappa shape index (κ3) is 0.759. The van der Waals surface area contributed by atoms with Crippen molar-refractivity contribution in [3.05, 3.63) is 16.3 Å². The van der Waals surface area contributed by atoms with E-state index in [1.807, 2.05) is 6.92 Å². The molecule has 1 aromatic heterocycles. The highest BCUT2D eigenvalue weighted by Crippen LogP contribution is 1.90. The second-order valence-electron chi connectivity index (χ2n) is 2.12. The van der Waals surface area contributed by atoms with Gasteiger partial charge in [-0.1, -0.05) is 4.80 Å². The molecule has 1 aromatic rings. The number of hydrogen-bond acceptors (Lipinski definition) is 1. The molecule has 0 saturated carbocycles. The fraction of sp³-hybridized carbons (Fsp3) is 0.600. The maximum absolute atomic E-state index is 10.8. The van der Waals surface area contributed by atoms with Gasteiger partial charge in [-0.15, -0.1) is 0 Å². The number of aromatic amines is 1. The third-order valence-electron chi connectivity index (χ3n) is 1.43. The van der Waals surface area contributed by atoms with Crippen LogP contribution in [0, 0.1) is 18.8 Å². The normalized spacial score (nSPS) is 10.1. The third-order valence-corrected chi connectivity index (χ3v) is 1.43. The van der Waals surface area contributed by atoms with Crippen LogP contribution in [0.25, 0.3) is 0 Å². The van der Waals surface area contributed by atoms with Crippen LogP contribution in [0.5, 0.6) is 0 Å². The lowest BCUT2D eigenvalue weighted by Crippen LogP contribution is -2.27. The van der Waals surface area contributed by atoms with E-state index in [2.05, 4.69) is 5.10 Å². The van der Waals surface area contributed by atoms with Crippen LogP contribution in [0.2, 0.25) is 0 Å². The van der Waals surface area contributed by atoms with Gasteiger partial charge in [0.25, 0.3) is 0 Å². The molecular formula is C5H10N3O+. The molecule has 0 amide bonds. The van der Waals surface area contributed by atoms with Gasteiger partial charge in [-0.25, -0.2) is 0 Å². The Morgan fingerprint density at radius 1 is 1.56 bits per heavy atom. The maximum atomic E-state index is 10.8. The number of rotatable bonds is 0. The summed E-state index contributed by atoms with van der Waals surface area (Å²) in [5, 5.41) is 2.84. The van der Waals surface area contributed by atoms with Crippen molar-refractivity contribution in [2.24, 2.45) is 7.05 Å². The molecule has 0 aliphatic rings. The molecule has 1 rings (SSSR count). The van der Waals surface area contributed by atoms with Crippen molar-refractivity contribution in [2.45, 2.75) is 13.8 Å². The molecule has 0 fully saturated rings. The van der Waals surface area contributed by atoms with Crippen molar-refractivity contribution in [2.75, 3.05) is 0 Å². The summed E-state index contributed by atoms with van der Waals surface area (Å²) < 4.78 is 0.815. The lowest BCUT2D eigenvalue weighted by Gasteiger charge is -1.71. The molecule has 0 bridgehead atoms. The minimum atomic E-state index is 0.720. The van der Waals surface area contributed by atoms with E-state index in [0.29, 0.717) is 0 Å². The Balaban J connectivity index is 3.48. The Hall–Kier alpha value is -1.06. The average Bonchev–Trinajstić information content (AvgIpc) is 1.98. The van der Waals surface area contributed by atoms with Gasteiger partial charge in [-0.05, 0) is 4.91 Å². The van der Waals surface area contributed by atoms with Crippen molar-refractivity contribution < 1.29 is 4.54 Å². The molecule has 9 heavy (non-hydrogen) atoms. The maximum Gasteiger partial charge on any atom is 0.218 e. The molecular weight excluding hydrogens is 118 g/mol. The van der Waals surface area contributed by atoms with Crippen LogP contribution in [0.4, 0.5) is 0 Å². The molecule has 0 aliphatic carbocycles. The van der Waals surface area contributed by atoms with Crippen LogP contribution in [-0.4, -0.2) is 9.90 Å². The van der Waals surface area contributed by atoms with Crippen LogP contribution in [0.1, 0.15) is 11.4 Å². The number of aryl methyl sites for hydroxylation is 2. The van der Waals surface area contributed by atoms with Gasteiger partial charge in [-0.3, -0.25) is 0 Å². The van der Waals surface area contributed by atoms with E-state index < -0.39 is 0 Å². The van der Waals surface area contributed by atoms with Gasteiger partial charge in [0.05, 0.1) is 11.6 Å². The van der Waals surface area contributed by atoms with Gasteiger partial charge >= 0.3 is 0 Å². The molecule has 0 unspecified atom stereocenters. The summed E-state index contributed by atoms with van der Waals surface area (Å²) in [6, 6.07) is 0. The van der Waals surface area contributed by atoms with Gasteiger partial charge in [0.15, 0.2) is 5.69 Å². The molecule has 0 radical (unpaired) electrons. The van der Waals surface area contributed by atoms with Crippen molar-refractivity contribution in [3.8, 4) is 0 Å². The molecule has 50 valence electrons. The summed E-state index contributed by atoms with van der Waals surface area (Å²) in [6.45, 7) is 3.64. The first-order valence-corrected chi connectivity index (χ1v) is 2.78. The van der Waals surface area contributed by atoms with E-state index in [-0.39, 0.29) is 0 Å². The molecule has 0 aromatic carbocycles. The number of hydrogen-bond donors (Lipinski definition) is 1. The highest BCUT2D eigenvalue weighted by Gasteiger charge is 2.08. The van der Waals surface area contributed by atoms with Gasteiger partial charge in [0.1, 0.15) is 0 Å². The average molecular weight is 128 g/mol. The van der Waals surface area contributed by atoms with Crippen LogP contribution >= 0.6 is 0 Å². The highest BCUT2D eigenvalue weighted by molar-refractivity contribution is 4.96. The zero-order chi connectivity index (χ0) is 7.02. The molecule has 4 nitrogen and oxygen atoms in total. The van der Waals surface area contributed by atoms with Crippen molar-refractivity contribution >= 4 is 0 Å². The summed E-state index contributed by atoms with van der Waals surface area (Å²) in [4.78, 5) is 12.2. The largest absolute Gasteiger partial charge is 0.218 e. The molecule has 0 aliphatic heterocycles.